The van der Waals surface area contributed by atoms with Crippen LogP contribution in [0.2, 0.25) is 0 Å². The van der Waals surface area contributed by atoms with E-state index >= 15 is 0 Å². The average molecular weight is 397 g/mol. The molecule has 1 aliphatic rings. The molecule has 0 unspecified atom stereocenters. The average Bonchev–Trinajstić information content (AvgIpc) is 2.88. The number of aliphatic hydroxyl groups excluding tert-OH is 1. The van der Waals surface area contributed by atoms with E-state index in [-0.39, 0.29) is 5.82 Å². The summed E-state index contributed by atoms with van der Waals surface area (Å²) < 4.78 is 13.2. The second-order valence-corrected chi connectivity index (χ2v) is 8.42. The largest absolute Gasteiger partial charge is 0.387 e. The van der Waals surface area contributed by atoms with E-state index in [1.165, 1.54) is 17.7 Å². The summed E-state index contributed by atoms with van der Waals surface area (Å²) in [7, 11) is 0. The van der Waals surface area contributed by atoms with E-state index in [2.05, 4.69) is 35.0 Å². The fourth-order valence-corrected chi connectivity index (χ4v) is 4.64. The van der Waals surface area contributed by atoms with Gasteiger partial charge in [0.1, 0.15) is 5.82 Å². The predicted molar refractivity (Wildman–Crippen MR) is 113 cm³/mol. The standard InChI is InChI=1S/C24H29FN2O2/c1-16-4-9-20-21(14-16)26-17(2)23(20)22(28)15-27-12-3-10-24(29,11-13-27)18-5-7-19(25)8-6-18/h4-9,14,22,26,28-29H,3,10-13,15H2,1-2H3/t22-,24-/m1/s1. The van der Waals surface area contributed by atoms with E-state index in [1.54, 1.807) is 12.1 Å². The molecule has 4 rings (SSSR count). The lowest BCUT2D eigenvalue weighted by atomic mass is 9.87. The Labute approximate surface area is 171 Å². The molecule has 0 bridgehead atoms. The number of aryl methyl sites for hydroxylation is 2. The number of rotatable bonds is 4. The van der Waals surface area contributed by atoms with Gasteiger partial charge in [-0.05, 0) is 69.0 Å². The van der Waals surface area contributed by atoms with Gasteiger partial charge in [-0.25, -0.2) is 4.39 Å². The first kappa shape index (κ1) is 20.1. The Kier molecular flexibility index (Phi) is 5.47. The zero-order valence-corrected chi connectivity index (χ0v) is 17.1. The fourth-order valence-electron chi connectivity index (χ4n) is 4.64. The number of aromatic nitrogens is 1. The number of halogens is 1. The maximum absolute atomic E-state index is 13.2. The number of fused-ring (bicyclic) bond motifs is 1. The van der Waals surface area contributed by atoms with Crippen molar-refractivity contribution >= 4 is 10.9 Å². The molecule has 1 fully saturated rings. The SMILES string of the molecule is Cc1ccc2c([C@H](O)CN3CCC[C@](O)(c4ccc(F)cc4)CC3)c(C)[nH]c2c1. The normalized spacial score (nSPS) is 22.0. The molecule has 154 valence electrons. The molecule has 2 atom stereocenters. The number of likely N-dealkylation sites (tertiary alicyclic amines) is 1. The lowest BCUT2D eigenvalue weighted by molar-refractivity contribution is 0.0194. The summed E-state index contributed by atoms with van der Waals surface area (Å²) in [5, 5.41) is 23.2. The number of β-amino-alcohol motifs (C(OH)–C–C–N with tert-alkyl or cyclic N) is 1. The molecular weight excluding hydrogens is 367 g/mol. The summed E-state index contributed by atoms with van der Waals surface area (Å²) in [4.78, 5) is 5.61. The van der Waals surface area contributed by atoms with Gasteiger partial charge in [0.2, 0.25) is 0 Å². The minimum atomic E-state index is -0.943. The van der Waals surface area contributed by atoms with Gasteiger partial charge in [0.15, 0.2) is 0 Å². The van der Waals surface area contributed by atoms with E-state index < -0.39 is 11.7 Å². The van der Waals surface area contributed by atoms with Gasteiger partial charge in [-0.1, -0.05) is 24.3 Å². The summed E-state index contributed by atoms with van der Waals surface area (Å²) >= 11 is 0. The van der Waals surface area contributed by atoms with Gasteiger partial charge in [-0.2, -0.15) is 0 Å². The molecule has 29 heavy (non-hydrogen) atoms. The van der Waals surface area contributed by atoms with Crippen molar-refractivity contribution in [2.45, 2.75) is 44.8 Å². The number of aromatic amines is 1. The number of hydrogen-bond donors (Lipinski definition) is 3. The van der Waals surface area contributed by atoms with Crippen LogP contribution < -0.4 is 0 Å². The van der Waals surface area contributed by atoms with E-state index in [0.29, 0.717) is 25.9 Å². The molecule has 0 spiro atoms. The third-order valence-electron chi connectivity index (χ3n) is 6.24. The van der Waals surface area contributed by atoms with Crippen molar-refractivity contribution in [3.05, 3.63) is 70.7 Å². The van der Waals surface area contributed by atoms with Crippen molar-refractivity contribution in [2.75, 3.05) is 19.6 Å². The summed E-state index contributed by atoms with van der Waals surface area (Å²) in [5.74, 6) is -0.292. The molecule has 3 aromatic rings. The highest BCUT2D eigenvalue weighted by atomic mass is 19.1. The molecule has 1 aliphatic heterocycles. The highest BCUT2D eigenvalue weighted by Crippen LogP contribution is 2.34. The number of hydrogen-bond acceptors (Lipinski definition) is 3. The molecule has 1 aromatic heterocycles. The van der Waals surface area contributed by atoms with Crippen LogP contribution in [0.3, 0.4) is 0 Å². The molecular formula is C24H29FN2O2. The van der Waals surface area contributed by atoms with Gasteiger partial charge >= 0.3 is 0 Å². The Morgan fingerprint density at radius 3 is 2.62 bits per heavy atom. The van der Waals surface area contributed by atoms with Gasteiger partial charge in [0, 0.05) is 35.2 Å². The zero-order valence-electron chi connectivity index (χ0n) is 17.1. The lowest BCUT2D eigenvalue weighted by Crippen LogP contribution is -2.32. The number of benzene rings is 2. The van der Waals surface area contributed by atoms with Crippen molar-refractivity contribution in [3.63, 3.8) is 0 Å². The first-order valence-electron chi connectivity index (χ1n) is 10.3. The third-order valence-corrected chi connectivity index (χ3v) is 6.24. The van der Waals surface area contributed by atoms with Crippen molar-refractivity contribution in [1.82, 2.24) is 9.88 Å². The predicted octanol–water partition coefficient (Wildman–Crippen LogP) is 4.33. The fraction of sp³-hybridized carbons (Fsp3) is 0.417. The Morgan fingerprint density at radius 1 is 1.10 bits per heavy atom. The van der Waals surface area contributed by atoms with Crippen LogP contribution in [0.5, 0.6) is 0 Å². The van der Waals surface area contributed by atoms with Crippen molar-refractivity contribution < 1.29 is 14.6 Å². The first-order valence-corrected chi connectivity index (χ1v) is 10.3. The van der Waals surface area contributed by atoms with Gasteiger partial charge in [0.05, 0.1) is 11.7 Å². The molecule has 5 heteroatoms. The van der Waals surface area contributed by atoms with Crippen LogP contribution in [0.25, 0.3) is 10.9 Å². The molecule has 0 aliphatic carbocycles. The number of nitrogens with one attached hydrogen (secondary N) is 1. The van der Waals surface area contributed by atoms with Crippen LogP contribution in [0.15, 0.2) is 42.5 Å². The summed E-state index contributed by atoms with van der Waals surface area (Å²) in [5.41, 5.74) is 4.02. The molecule has 1 saturated heterocycles. The third kappa shape index (κ3) is 4.08. The molecule has 2 aromatic carbocycles. The van der Waals surface area contributed by atoms with Crippen LogP contribution in [0.1, 0.15) is 47.8 Å². The quantitative estimate of drug-likeness (QED) is 0.615. The molecule has 0 saturated carbocycles. The number of nitrogens with zero attached hydrogens (tertiary/aromatic N) is 1. The maximum Gasteiger partial charge on any atom is 0.123 e. The zero-order chi connectivity index (χ0) is 20.6. The van der Waals surface area contributed by atoms with Crippen LogP contribution in [0.4, 0.5) is 4.39 Å². The summed E-state index contributed by atoms with van der Waals surface area (Å²) in [6.45, 7) is 6.10. The van der Waals surface area contributed by atoms with Crippen molar-refractivity contribution in [2.24, 2.45) is 0 Å². The van der Waals surface area contributed by atoms with E-state index in [1.807, 2.05) is 6.92 Å². The van der Waals surface area contributed by atoms with Gasteiger partial charge in [-0.3, -0.25) is 0 Å². The Hall–Kier alpha value is -2.21. The van der Waals surface area contributed by atoms with Crippen molar-refractivity contribution in [1.29, 1.82) is 0 Å². The van der Waals surface area contributed by atoms with Crippen LogP contribution in [-0.2, 0) is 5.60 Å². The summed E-state index contributed by atoms with van der Waals surface area (Å²) in [6, 6.07) is 12.4. The summed E-state index contributed by atoms with van der Waals surface area (Å²) in [6.07, 6.45) is 1.43. The van der Waals surface area contributed by atoms with E-state index in [0.717, 1.165) is 40.7 Å². The van der Waals surface area contributed by atoms with E-state index in [9.17, 15) is 14.6 Å². The highest BCUT2D eigenvalue weighted by molar-refractivity contribution is 5.85. The second-order valence-electron chi connectivity index (χ2n) is 8.42. The van der Waals surface area contributed by atoms with Crippen molar-refractivity contribution in [3.8, 4) is 0 Å². The van der Waals surface area contributed by atoms with Gasteiger partial charge in [-0.15, -0.1) is 0 Å². The first-order chi connectivity index (χ1) is 13.9. The Balaban J connectivity index is 1.48. The molecule has 0 radical (unpaired) electrons. The molecule has 2 heterocycles. The Morgan fingerprint density at radius 2 is 1.86 bits per heavy atom. The molecule has 3 N–H and O–H groups in total. The monoisotopic (exact) mass is 396 g/mol. The number of H-pyrrole nitrogens is 1. The number of aliphatic hydroxyl groups is 2. The lowest BCUT2D eigenvalue weighted by Gasteiger charge is -2.28. The minimum absolute atomic E-state index is 0.292. The maximum atomic E-state index is 13.2. The smallest absolute Gasteiger partial charge is 0.123 e. The highest BCUT2D eigenvalue weighted by Gasteiger charge is 2.32. The minimum Gasteiger partial charge on any atom is -0.387 e. The van der Waals surface area contributed by atoms with Gasteiger partial charge in [0.25, 0.3) is 0 Å². The second kappa shape index (κ2) is 7.90. The topological polar surface area (TPSA) is 59.5 Å². The van der Waals surface area contributed by atoms with Gasteiger partial charge < -0.3 is 20.1 Å². The van der Waals surface area contributed by atoms with Crippen LogP contribution in [0, 0.1) is 19.7 Å². The van der Waals surface area contributed by atoms with Crippen LogP contribution in [-0.4, -0.2) is 39.7 Å². The molecule has 0 amide bonds. The van der Waals surface area contributed by atoms with E-state index in [4.69, 9.17) is 0 Å². The van der Waals surface area contributed by atoms with Crippen LogP contribution >= 0.6 is 0 Å². The molecule has 4 nitrogen and oxygen atoms in total. The Bertz CT molecular complexity index is 998.